The van der Waals surface area contributed by atoms with E-state index in [1.54, 1.807) is 18.2 Å². The molecule has 0 unspecified atom stereocenters. The standard InChI is InChI=1S/C26H32F3NO3/c1-17-4-8-21(9-5-17)33-23-11-7-20-13-19(6-10-22(20)25(23)26(27,28)29)16-30-12-2-3-18(15-30)14-24(31)32/h6-7,10-11,13,17-18,21H,2-5,8-9,12,14-16H2,1H3,(H,31,32)/t17-,18-,21+/m1/s1. The van der Waals surface area contributed by atoms with Crippen molar-refractivity contribution in [1.29, 1.82) is 0 Å². The first-order chi connectivity index (χ1) is 15.7. The number of benzene rings is 2. The van der Waals surface area contributed by atoms with Gasteiger partial charge in [0.25, 0.3) is 0 Å². The molecule has 1 N–H and O–H groups in total. The number of piperidine rings is 1. The average molecular weight is 464 g/mol. The highest BCUT2D eigenvalue weighted by Crippen LogP contribution is 2.43. The molecular weight excluding hydrogens is 431 g/mol. The summed E-state index contributed by atoms with van der Waals surface area (Å²) in [6, 6.07) is 8.32. The van der Waals surface area contributed by atoms with Crippen LogP contribution in [0, 0.1) is 11.8 Å². The molecule has 2 aromatic carbocycles. The van der Waals surface area contributed by atoms with Crippen molar-refractivity contribution in [3.8, 4) is 5.75 Å². The number of carboxylic acids is 1. The maximum atomic E-state index is 14.1. The van der Waals surface area contributed by atoms with Crippen LogP contribution in [0.3, 0.4) is 0 Å². The lowest BCUT2D eigenvalue weighted by Gasteiger charge is -2.32. The molecule has 0 bridgehead atoms. The number of hydrogen-bond acceptors (Lipinski definition) is 3. The number of hydrogen-bond donors (Lipinski definition) is 1. The summed E-state index contributed by atoms with van der Waals surface area (Å²) < 4.78 is 48.1. The lowest BCUT2D eigenvalue weighted by atomic mass is 9.89. The lowest BCUT2D eigenvalue weighted by molar-refractivity contribution is -0.139. The summed E-state index contributed by atoms with van der Waals surface area (Å²) in [6.07, 6.45) is 0.850. The molecule has 180 valence electrons. The van der Waals surface area contributed by atoms with Crippen LogP contribution in [-0.4, -0.2) is 35.2 Å². The number of ether oxygens (including phenoxy) is 1. The summed E-state index contributed by atoms with van der Waals surface area (Å²) in [7, 11) is 0. The number of aliphatic carboxylic acids is 1. The molecule has 2 aliphatic rings. The van der Waals surface area contributed by atoms with Crippen LogP contribution in [0.5, 0.6) is 5.75 Å². The van der Waals surface area contributed by atoms with E-state index >= 15 is 0 Å². The smallest absolute Gasteiger partial charge is 0.420 e. The molecule has 1 aliphatic heterocycles. The van der Waals surface area contributed by atoms with E-state index in [1.165, 1.54) is 6.07 Å². The molecule has 2 fully saturated rings. The van der Waals surface area contributed by atoms with E-state index < -0.39 is 17.7 Å². The quantitative estimate of drug-likeness (QED) is 0.531. The summed E-state index contributed by atoms with van der Waals surface area (Å²) in [5.41, 5.74) is 0.242. The van der Waals surface area contributed by atoms with Crippen LogP contribution >= 0.6 is 0 Å². The minimum Gasteiger partial charge on any atom is -0.490 e. The third-order valence-electron chi connectivity index (χ3n) is 7.06. The Labute approximate surface area is 192 Å². The zero-order valence-corrected chi connectivity index (χ0v) is 19.0. The Kier molecular flexibility index (Phi) is 7.17. The highest BCUT2D eigenvalue weighted by atomic mass is 19.4. The molecule has 4 nitrogen and oxygen atoms in total. The fourth-order valence-corrected chi connectivity index (χ4v) is 5.34. The Morgan fingerprint density at radius 3 is 2.58 bits per heavy atom. The van der Waals surface area contributed by atoms with Gasteiger partial charge >= 0.3 is 12.1 Å². The topological polar surface area (TPSA) is 49.8 Å². The SMILES string of the molecule is C[C@H]1CC[C@@H](Oc2ccc3cc(CN4CCC[C@H](CC(=O)O)C4)ccc3c2C(F)(F)F)CC1. The molecule has 0 radical (unpaired) electrons. The molecule has 1 atom stereocenters. The molecule has 1 heterocycles. The molecule has 1 aliphatic carbocycles. The predicted molar refractivity (Wildman–Crippen MR) is 121 cm³/mol. The molecule has 4 rings (SSSR count). The first kappa shape index (κ1) is 23.9. The zero-order chi connectivity index (χ0) is 23.6. The molecule has 2 aromatic rings. The molecular formula is C26H32F3NO3. The van der Waals surface area contributed by atoms with Gasteiger partial charge in [-0.3, -0.25) is 9.69 Å². The predicted octanol–water partition coefficient (Wildman–Crippen LogP) is 6.50. The van der Waals surface area contributed by atoms with Gasteiger partial charge < -0.3 is 9.84 Å². The van der Waals surface area contributed by atoms with E-state index in [-0.39, 0.29) is 29.6 Å². The highest BCUT2D eigenvalue weighted by Gasteiger charge is 2.37. The first-order valence-corrected chi connectivity index (χ1v) is 11.9. The normalized spacial score (nSPS) is 24.7. The van der Waals surface area contributed by atoms with Crippen LogP contribution in [0.15, 0.2) is 30.3 Å². The Morgan fingerprint density at radius 1 is 1.12 bits per heavy atom. The third-order valence-corrected chi connectivity index (χ3v) is 7.06. The van der Waals surface area contributed by atoms with Gasteiger partial charge in [0.15, 0.2) is 0 Å². The second kappa shape index (κ2) is 9.92. The number of nitrogens with zero attached hydrogens (tertiary/aromatic N) is 1. The van der Waals surface area contributed by atoms with E-state index in [0.717, 1.165) is 50.6 Å². The maximum absolute atomic E-state index is 14.1. The van der Waals surface area contributed by atoms with E-state index in [2.05, 4.69) is 11.8 Å². The number of carboxylic acid groups (broad SMARTS) is 1. The minimum atomic E-state index is -4.50. The van der Waals surface area contributed by atoms with Crippen molar-refractivity contribution in [2.24, 2.45) is 11.8 Å². The molecule has 1 saturated heterocycles. The van der Waals surface area contributed by atoms with Crippen molar-refractivity contribution in [2.75, 3.05) is 13.1 Å². The van der Waals surface area contributed by atoms with Gasteiger partial charge in [-0.25, -0.2) is 0 Å². The lowest BCUT2D eigenvalue weighted by Crippen LogP contribution is -2.35. The Bertz CT molecular complexity index is 983. The van der Waals surface area contributed by atoms with Crippen LogP contribution in [0.25, 0.3) is 10.8 Å². The van der Waals surface area contributed by atoms with Crippen molar-refractivity contribution < 1.29 is 27.8 Å². The van der Waals surface area contributed by atoms with Crippen molar-refractivity contribution in [3.63, 3.8) is 0 Å². The third kappa shape index (κ3) is 5.99. The molecule has 0 amide bonds. The first-order valence-electron chi connectivity index (χ1n) is 11.9. The van der Waals surface area contributed by atoms with E-state index in [9.17, 15) is 18.0 Å². The second-order valence-electron chi connectivity index (χ2n) is 9.83. The summed E-state index contributed by atoms with van der Waals surface area (Å²) >= 11 is 0. The number of likely N-dealkylation sites (tertiary alicyclic amines) is 1. The fourth-order valence-electron chi connectivity index (χ4n) is 5.34. The van der Waals surface area contributed by atoms with Crippen LogP contribution in [0.4, 0.5) is 13.2 Å². The summed E-state index contributed by atoms with van der Waals surface area (Å²) in [6.45, 7) is 4.34. The summed E-state index contributed by atoms with van der Waals surface area (Å²) in [5, 5.41) is 9.78. The number of carbonyl (C=O) groups is 1. The van der Waals surface area contributed by atoms with E-state index in [1.807, 2.05) is 6.07 Å². The largest absolute Gasteiger partial charge is 0.490 e. The van der Waals surface area contributed by atoms with Crippen molar-refractivity contribution in [1.82, 2.24) is 4.90 Å². The van der Waals surface area contributed by atoms with Crippen LogP contribution in [0.2, 0.25) is 0 Å². The van der Waals surface area contributed by atoms with E-state index in [0.29, 0.717) is 24.4 Å². The van der Waals surface area contributed by atoms with Gasteiger partial charge in [-0.05, 0) is 85.4 Å². The Balaban J connectivity index is 1.55. The van der Waals surface area contributed by atoms with Crippen molar-refractivity contribution in [3.05, 3.63) is 41.5 Å². The van der Waals surface area contributed by atoms with Gasteiger partial charge in [0.1, 0.15) is 11.3 Å². The van der Waals surface area contributed by atoms with Crippen molar-refractivity contribution in [2.45, 2.75) is 70.7 Å². The molecule has 0 spiro atoms. The van der Waals surface area contributed by atoms with Crippen LogP contribution in [-0.2, 0) is 17.5 Å². The minimum absolute atomic E-state index is 0.0742. The summed E-state index contributed by atoms with van der Waals surface area (Å²) in [4.78, 5) is 13.2. The van der Waals surface area contributed by atoms with E-state index in [4.69, 9.17) is 9.84 Å². The molecule has 7 heteroatoms. The van der Waals surface area contributed by atoms with Gasteiger partial charge in [-0.1, -0.05) is 25.1 Å². The molecule has 1 saturated carbocycles. The number of alkyl halides is 3. The number of fused-ring (bicyclic) bond motifs is 1. The Morgan fingerprint density at radius 2 is 1.88 bits per heavy atom. The van der Waals surface area contributed by atoms with Gasteiger partial charge in [0, 0.05) is 19.5 Å². The van der Waals surface area contributed by atoms with Gasteiger partial charge in [0.05, 0.1) is 6.10 Å². The van der Waals surface area contributed by atoms with Gasteiger partial charge in [0.2, 0.25) is 0 Å². The maximum Gasteiger partial charge on any atom is 0.420 e. The molecule has 33 heavy (non-hydrogen) atoms. The fraction of sp³-hybridized carbons (Fsp3) is 0.577. The monoisotopic (exact) mass is 463 g/mol. The highest BCUT2D eigenvalue weighted by molar-refractivity contribution is 5.89. The van der Waals surface area contributed by atoms with Crippen molar-refractivity contribution >= 4 is 16.7 Å². The zero-order valence-electron chi connectivity index (χ0n) is 19.0. The number of rotatable bonds is 6. The second-order valence-corrected chi connectivity index (χ2v) is 9.83. The van der Waals surface area contributed by atoms with Crippen LogP contribution < -0.4 is 4.74 Å². The Hall–Kier alpha value is -2.28. The summed E-state index contributed by atoms with van der Waals surface area (Å²) in [5.74, 6) is -0.139. The number of halogens is 3. The van der Waals surface area contributed by atoms with Crippen LogP contribution in [0.1, 0.15) is 63.0 Å². The molecule has 0 aromatic heterocycles. The average Bonchev–Trinajstić information content (AvgIpc) is 2.74. The van der Waals surface area contributed by atoms with Gasteiger partial charge in [-0.2, -0.15) is 13.2 Å². The van der Waals surface area contributed by atoms with Gasteiger partial charge in [-0.15, -0.1) is 0 Å².